The van der Waals surface area contributed by atoms with Gasteiger partial charge in [-0.2, -0.15) is 0 Å². The first-order valence-electron chi connectivity index (χ1n) is 7.57. The van der Waals surface area contributed by atoms with Crippen molar-refractivity contribution < 1.29 is 9.53 Å². The Balaban J connectivity index is 1.56. The van der Waals surface area contributed by atoms with E-state index in [1.54, 1.807) is 0 Å². The number of morpholine rings is 1. The molecule has 4 heteroatoms. The third kappa shape index (κ3) is 2.13. The van der Waals surface area contributed by atoms with E-state index in [1.165, 1.54) is 11.1 Å². The van der Waals surface area contributed by atoms with Crippen molar-refractivity contribution in [2.24, 2.45) is 0 Å². The summed E-state index contributed by atoms with van der Waals surface area (Å²) in [5.74, 6) is 0.165. The molecule has 106 valence electrons. The normalized spacial score (nSPS) is 28.3. The molecule has 2 saturated heterocycles. The summed E-state index contributed by atoms with van der Waals surface area (Å²) in [5, 5.41) is 3.37. The second kappa shape index (κ2) is 4.86. The fourth-order valence-corrected chi connectivity index (χ4v) is 3.58. The second-order valence-electron chi connectivity index (χ2n) is 6.08. The van der Waals surface area contributed by atoms with Crippen molar-refractivity contribution in [3.63, 3.8) is 0 Å². The van der Waals surface area contributed by atoms with Gasteiger partial charge in [0.2, 0.25) is 0 Å². The van der Waals surface area contributed by atoms with Crippen molar-refractivity contribution in [1.29, 1.82) is 0 Å². The van der Waals surface area contributed by atoms with Crippen LogP contribution < -0.4 is 5.32 Å². The number of carbonyl (C=O) groups is 1. The zero-order valence-electron chi connectivity index (χ0n) is 11.6. The van der Waals surface area contributed by atoms with Crippen LogP contribution >= 0.6 is 0 Å². The van der Waals surface area contributed by atoms with E-state index in [0.717, 1.165) is 51.0 Å². The number of carbonyl (C=O) groups excluding carboxylic acids is 1. The van der Waals surface area contributed by atoms with Gasteiger partial charge in [-0.3, -0.25) is 4.79 Å². The van der Waals surface area contributed by atoms with Gasteiger partial charge in [-0.05, 0) is 49.1 Å². The van der Waals surface area contributed by atoms with E-state index in [4.69, 9.17) is 4.74 Å². The van der Waals surface area contributed by atoms with E-state index in [2.05, 4.69) is 17.4 Å². The molecule has 0 radical (unpaired) electrons. The van der Waals surface area contributed by atoms with E-state index in [-0.39, 0.29) is 18.1 Å². The Hall–Kier alpha value is -1.39. The van der Waals surface area contributed by atoms with Crippen LogP contribution in [-0.2, 0) is 17.7 Å². The molecule has 1 aromatic carbocycles. The molecule has 4 nitrogen and oxygen atoms in total. The lowest BCUT2D eigenvalue weighted by Gasteiger charge is -2.32. The maximum absolute atomic E-state index is 12.7. The lowest BCUT2D eigenvalue weighted by molar-refractivity contribution is -0.0303. The minimum absolute atomic E-state index is 0.165. The second-order valence-corrected chi connectivity index (χ2v) is 6.08. The molecule has 3 aliphatic rings. The summed E-state index contributed by atoms with van der Waals surface area (Å²) in [6.07, 6.45) is 3.78. The van der Waals surface area contributed by atoms with Gasteiger partial charge in [-0.15, -0.1) is 0 Å². The number of nitrogens with one attached hydrogen (secondary N) is 1. The summed E-state index contributed by atoms with van der Waals surface area (Å²) in [4.78, 5) is 14.6. The highest BCUT2D eigenvalue weighted by molar-refractivity contribution is 5.94. The highest BCUT2D eigenvalue weighted by Gasteiger charge is 2.36. The molecule has 0 aromatic heterocycles. The van der Waals surface area contributed by atoms with Crippen molar-refractivity contribution in [3.05, 3.63) is 34.9 Å². The quantitative estimate of drug-likeness (QED) is 0.839. The summed E-state index contributed by atoms with van der Waals surface area (Å²) in [6.45, 7) is 3.42. The molecule has 3 aliphatic heterocycles. The predicted octanol–water partition coefficient (Wildman–Crippen LogP) is 1.34. The van der Waals surface area contributed by atoms with Crippen LogP contribution in [0, 0.1) is 0 Å². The molecule has 2 fully saturated rings. The van der Waals surface area contributed by atoms with Gasteiger partial charge < -0.3 is 15.0 Å². The monoisotopic (exact) mass is 272 g/mol. The number of nitrogens with zero attached hydrogens (tertiary/aromatic N) is 1. The molecule has 2 bridgehead atoms. The lowest BCUT2D eigenvalue weighted by atomic mass is 9.98. The average Bonchev–Trinajstić information content (AvgIpc) is 2.84. The molecule has 3 heterocycles. The summed E-state index contributed by atoms with van der Waals surface area (Å²) >= 11 is 0. The van der Waals surface area contributed by atoms with Crippen LogP contribution in [-0.4, -0.2) is 42.6 Å². The largest absolute Gasteiger partial charge is 0.371 e. The first-order chi connectivity index (χ1) is 9.79. The number of ether oxygens (including phenoxy) is 1. The molecule has 2 unspecified atom stereocenters. The van der Waals surface area contributed by atoms with E-state index in [0.29, 0.717) is 0 Å². The van der Waals surface area contributed by atoms with Crippen LogP contribution in [0.15, 0.2) is 18.2 Å². The first-order valence-corrected chi connectivity index (χ1v) is 7.57. The average molecular weight is 272 g/mol. The van der Waals surface area contributed by atoms with Crippen LogP contribution in [0.5, 0.6) is 0 Å². The fourth-order valence-electron chi connectivity index (χ4n) is 3.58. The van der Waals surface area contributed by atoms with E-state index in [9.17, 15) is 4.79 Å². The van der Waals surface area contributed by atoms with E-state index < -0.39 is 0 Å². The van der Waals surface area contributed by atoms with Gasteiger partial charge in [0.1, 0.15) is 0 Å². The Kier molecular flexibility index (Phi) is 3.00. The van der Waals surface area contributed by atoms with Crippen LogP contribution in [0.2, 0.25) is 0 Å². The van der Waals surface area contributed by atoms with Crippen LogP contribution in [0.4, 0.5) is 0 Å². The van der Waals surface area contributed by atoms with Crippen LogP contribution in [0.1, 0.15) is 34.3 Å². The smallest absolute Gasteiger partial charge is 0.254 e. The van der Waals surface area contributed by atoms with Crippen molar-refractivity contribution in [1.82, 2.24) is 10.2 Å². The van der Waals surface area contributed by atoms with Gasteiger partial charge in [0.15, 0.2) is 0 Å². The molecule has 1 N–H and O–H groups in total. The fraction of sp³-hybridized carbons (Fsp3) is 0.562. The third-order valence-electron chi connectivity index (χ3n) is 4.67. The molecule has 0 saturated carbocycles. The van der Waals surface area contributed by atoms with Gasteiger partial charge >= 0.3 is 0 Å². The van der Waals surface area contributed by atoms with Gasteiger partial charge in [0.25, 0.3) is 5.91 Å². The Labute approximate surface area is 119 Å². The molecular weight excluding hydrogens is 252 g/mol. The van der Waals surface area contributed by atoms with Crippen LogP contribution in [0.25, 0.3) is 0 Å². The maximum atomic E-state index is 12.7. The highest BCUT2D eigenvalue weighted by Crippen LogP contribution is 2.27. The first kappa shape index (κ1) is 12.4. The van der Waals surface area contributed by atoms with Crippen molar-refractivity contribution >= 4 is 5.91 Å². The van der Waals surface area contributed by atoms with Gasteiger partial charge in [0, 0.05) is 25.2 Å². The van der Waals surface area contributed by atoms with Gasteiger partial charge in [0.05, 0.1) is 12.2 Å². The van der Waals surface area contributed by atoms with E-state index in [1.807, 2.05) is 11.0 Å². The number of amides is 1. The number of likely N-dealkylation sites (tertiary alicyclic amines) is 1. The number of hydrogen-bond acceptors (Lipinski definition) is 3. The topological polar surface area (TPSA) is 41.6 Å². The maximum Gasteiger partial charge on any atom is 0.254 e. The lowest BCUT2D eigenvalue weighted by Crippen LogP contribution is -2.45. The van der Waals surface area contributed by atoms with Crippen LogP contribution in [0.3, 0.4) is 0 Å². The molecule has 1 aromatic rings. The Morgan fingerprint density at radius 2 is 2.00 bits per heavy atom. The minimum atomic E-state index is 0.165. The SMILES string of the molecule is O=C(c1ccc2c(c1)CNCC2)N1CC2CCC(C1)O2. The number of hydrogen-bond donors (Lipinski definition) is 1. The van der Waals surface area contributed by atoms with Crippen molar-refractivity contribution in [2.75, 3.05) is 19.6 Å². The molecule has 2 atom stereocenters. The number of rotatable bonds is 1. The van der Waals surface area contributed by atoms with Crippen molar-refractivity contribution in [2.45, 2.75) is 38.0 Å². The minimum Gasteiger partial charge on any atom is -0.371 e. The molecule has 1 amide bonds. The molecule has 4 rings (SSSR count). The van der Waals surface area contributed by atoms with Crippen molar-refractivity contribution in [3.8, 4) is 0 Å². The summed E-state index contributed by atoms with van der Waals surface area (Å²) in [5.41, 5.74) is 3.48. The van der Waals surface area contributed by atoms with Gasteiger partial charge in [-0.1, -0.05) is 6.07 Å². The molecular formula is C16H20N2O2. The molecule has 20 heavy (non-hydrogen) atoms. The summed E-state index contributed by atoms with van der Waals surface area (Å²) in [7, 11) is 0. The Morgan fingerprint density at radius 1 is 1.20 bits per heavy atom. The standard InChI is InChI=1S/C16H20N2O2/c19-16(18-9-14-3-4-15(10-18)20-14)12-2-1-11-5-6-17-8-13(11)7-12/h1-2,7,14-15,17H,3-6,8-10H2. The highest BCUT2D eigenvalue weighted by atomic mass is 16.5. The predicted molar refractivity (Wildman–Crippen MR) is 75.7 cm³/mol. The molecule has 0 spiro atoms. The zero-order chi connectivity index (χ0) is 13.5. The molecule has 0 aliphatic carbocycles. The third-order valence-corrected chi connectivity index (χ3v) is 4.67. The van der Waals surface area contributed by atoms with Gasteiger partial charge in [-0.25, -0.2) is 0 Å². The van der Waals surface area contributed by atoms with E-state index >= 15 is 0 Å². The Morgan fingerprint density at radius 3 is 2.80 bits per heavy atom. The summed E-state index contributed by atoms with van der Waals surface area (Å²) < 4.78 is 5.80. The zero-order valence-corrected chi connectivity index (χ0v) is 11.6. The summed E-state index contributed by atoms with van der Waals surface area (Å²) in [6, 6.07) is 6.18. The Bertz CT molecular complexity index is 531. The number of fused-ring (bicyclic) bond motifs is 3. The number of benzene rings is 1.